The maximum atomic E-state index is 13.3. The summed E-state index contributed by atoms with van der Waals surface area (Å²) in [7, 11) is 3.11. The molecule has 0 spiro atoms. The first kappa shape index (κ1) is 46.2. The number of anilines is 1. The number of benzene rings is 4. The molecule has 1 aliphatic heterocycles. The van der Waals surface area contributed by atoms with E-state index in [0.29, 0.717) is 28.2 Å². The maximum Gasteiger partial charge on any atom is 0.259 e. The second-order valence-corrected chi connectivity index (χ2v) is 16.9. The van der Waals surface area contributed by atoms with Gasteiger partial charge in [0.2, 0.25) is 6.54 Å². The molecule has 1 amide bonds. The van der Waals surface area contributed by atoms with E-state index in [4.69, 9.17) is 39.3 Å². The summed E-state index contributed by atoms with van der Waals surface area (Å²) in [6.07, 6.45) is -0.195. The fourth-order valence-electron chi connectivity index (χ4n) is 8.02. The topological polar surface area (TPSA) is 145 Å². The van der Waals surface area contributed by atoms with Crippen LogP contribution < -0.4 is 14.8 Å². The molecule has 15 nitrogen and oxygen atoms in total. The molecule has 4 aromatic carbocycles. The van der Waals surface area contributed by atoms with Gasteiger partial charge < -0.3 is 42.9 Å². The number of carbonyl (C=O) groups excluding carboxylic acids is 1. The number of amides is 1. The maximum absolute atomic E-state index is 13.3. The minimum atomic E-state index is -1.77. The van der Waals surface area contributed by atoms with Gasteiger partial charge in [0.1, 0.15) is 48.3 Å². The number of fused-ring (bicyclic) bond motifs is 1. The lowest BCUT2D eigenvalue weighted by atomic mass is 9.80. The summed E-state index contributed by atoms with van der Waals surface area (Å²) in [5.41, 5.74) is 2.63. The molecule has 1 fully saturated rings. The Bertz CT molecular complexity index is 2410. The monoisotopic (exact) mass is 887 g/mol. The molecule has 16 heteroatoms. The summed E-state index contributed by atoms with van der Waals surface area (Å²) >= 11 is 0. The second kappa shape index (κ2) is 21.2. The van der Waals surface area contributed by atoms with E-state index < -0.39 is 38.7 Å². The molecule has 64 heavy (non-hydrogen) atoms. The van der Waals surface area contributed by atoms with Gasteiger partial charge in [0.05, 0.1) is 27.2 Å². The highest BCUT2D eigenvalue weighted by atomic mass is 31.2. The van der Waals surface area contributed by atoms with Crippen LogP contribution in [-0.2, 0) is 28.9 Å². The average molecular weight is 888 g/mol. The average Bonchev–Trinajstić information content (AvgIpc) is 3.91. The number of methoxy groups -OCH3 is 3. The molecule has 6 aromatic rings. The van der Waals surface area contributed by atoms with E-state index in [1.165, 1.54) is 6.33 Å². The molecule has 0 radical (unpaired) electrons. The first-order valence-electron chi connectivity index (χ1n) is 21.0. The zero-order valence-corrected chi connectivity index (χ0v) is 37.9. The summed E-state index contributed by atoms with van der Waals surface area (Å²) in [5.74, 6) is 1.30. The van der Waals surface area contributed by atoms with Gasteiger partial charge in [-0.3, -0.25) is 9.36 Å². The van der Waals surface area contributed by atoms with Gasteiger partial charge in [-0.25, -0.2) is 26.2 Å². The molecule has 2 aromatic heterocycles. The van der Waals surface area contributed by atoms with Gasteiger partial charge in [0, 0.05) is 24.8 Å². The van der Waals surface area contributed by atoms with E-state index >= 15 is 0 Å². The van der Waals surface area contributed by atoms with Crippen LogP contribution in [0.2, 0.25) is 0 Å². The zero-order chi connectivity index (χ0) is 45.2. The van der Waals surface area contributed by atoms with Gasteiger partial charge in [-0.15, -0.1) is 0 Å². The second-order valence-electron chi connectivity index (χ2n) is 15.5. The number of nitrogens with zero attached hydrogens (tertiary/aromatic N) is 6. The van der Waals surface area contributed by atoms with Gasteiger partial charge in [-0.1, -0.05) is 72.8 Å². The predicted octanol–water partition coefficient (Wildman–Crippen LogP) is 8.68. The van der Waals surface area contributed by atoms with Gasteiger partial charge >= 0.3 is 0 Å². The van der Waals surface area contributed by atoms with E-state index in [0.717, 1.165) is 16.7 Å². The van der Waals surface area contributed by atoms with Crippen LogP contribution in [0.25, 0.3) is 16.0 Å². The summed E-state index contributed by atoms with van der Waals surface area (Å²) in [5, 5.41) is 2.89. The summed E-state index contributed by atoms with van der Waals surface area (Å²) in [6, 6.07) is 34.6. The summed E-state index contributed by atoms with van der Waals surface area (Å²) in [6.45, 7) is 16.2. The van der Waals surface area contributed by atoms with Crippen molar-refractivity contribution in [1.82, 2.24) is 24.2 Å². The van der Waals surface area contributed by atoms with E-state index in [1.54, 1.807) is 56.5 Å². The highest BCUT2D eigenvalue weighted by molar-refractivity contribution is 7.44. The molecule has 1 saturated heterocycles. The Morgan fingerprint density at radius 1 is 0.828 bits per heavy atom. The Labute approximate surface area is 375 Å². The molecule has 7 rings (SSSR count). The van der Waals surface area contributed by atoms with E-state index in [2.05, 4.69) is 57.5 Å². The van der Waals surface area contributed by atoms with Crippen LogP contribution in [0.5, 0.6) is 11.5 Å². The molecule has 0 saturated carbocycles. The Morgan fingerprint density at radius 3 is 1.98 bits per heavy atom. The lowest BCUT2D eigenvalue weighted by Crippen LogP contribution is -2.42. The number of carbonyl (C=O) groups is 1. The highest BCUT2D eigenvalue weighted by Crippen LogP contribution is 2.51. The van der Waals surface area contributed by atoms with Gasteiger partial charge in [-0.2, -0.15) is 0 Å². The van der Waals surface area contributed by atoms with Crippen molar-refractivity contribution in [2.45, 2.75) is 69.9 Å². The quantitative estimate of drug-likeness (QED) is 0.0339. The van der Waals surface area contributed by atoms with Crippen LogP contribution in [0.4, 0.5) is 5.82 Å². The van der Waals surface area contributed by atoms with Crippen molar-refractivity contribution in [3.8, 4) is 11.5 Å². The number of hydrogen-bond donors (Lipinski definition) is 1. The number of imidazole rings is 1. The lowest BCUT2D eigenvalue weighted by Gasteiger charge is -2.39. The Balaban J connectivity index is 1.33. The summed E-state index contributed by atoms with van der Waals surface area (Å²) < 4.78 is 49.5. The molecule has 1 aliphatic rings. The number of ether oxygens (including phenoxy) is 5. The third kappa shape index (κ3) is 9.79. The molecule has 3 heterocycles. The number of nitrogens with one attached hydrogen (secondary N) is 1. The zero-order valence-electron chi connectivity index (χ0n) is 37.0. The first-order chi connectivity index (χ1) is 31.1. The third-order valence-corrected chi connectivity index (χ3v) is 13.1. The molecule has 0 aliphatic carbocycles. The largest absolute Gasteiger partial charge is 0.497 e. The Kier molecular flexibility index (Phi) is 15.3. The van der Waals surface area contributed by atoms with Crippen molar-refractivity contribution >= 4 is 31.4 Å². The number of hydrogen-bond acceptors (Lipinski definition) is 12. The number of rotatable bonds is 20. The van der Waals surface area contributed by atoms with Gasteiger partial charge in [-0.05, 0) is 80.8 Å². The third-order valence-electron chi connectivity index (χ3n) is 11.0. The predicted molar refractivity (Wildman–Crippen MR) is 244 cm³/mol. The van der Waals surface area contributed by atoms with Crippen molar-refractivity contribution in [2.24, 2.45) is 0 Å². The van der Waals surface area contributed by atoms with Crippen molar-refractivity contribution in [3.63, 3.8) is 0 Å². The van der Waals surface area contributed by atoms with Crippen molar-refractivity contribution in [3.05, 3.63) is 156 Å². The fraction of sp³-hybridized carbons (Fsp3) is 0.354. The van der Waals surface area contributed by atoms with Crippen LogP contribution in [0, 0.1) is 6.57 Å². The lowest BCUT2D eigenvalue weighted by molar-refractivity contribution is -0.0938. The van der Waals surface area contributed by atoms with Crippen molar-refractivity contribution in [2.75, 3.05) is 46.4 Å². The highest BCUT2D eigenvalue weighted by Gasteiger charge is 2.51. The molecule has 0 bridgehead atoms. The minimum absolute atomic E-state index is 0.00254. The SMILES string of the molecule is [C-]#[N+]CCOP(OC1C(OC)[C@H](n2cnc3c(NC(=O)c4ccccc4)ncnc32)O[C@@H]1COC(c1ccccc1)(c1ccc(OC)cc1)c1ccc(OC)cc1)N(C(C)C)C(C)C. The molecule has 3 unspecified atom stereocenters. The van der Waals surface area contributed by atoms with Crippen LogP contribution in [0.15, 0.2) is 122 Å². The van der Waals surface area contributed by atoms with E-state index in [1.807, 2.05) is 84.9 Å². The van der Waals surface area contributed by atoms with Crippen LogP contribution in [0.1, 0.15) is 61.0 Å². The molecular formula is C48H54N7O8P. The Morgan fingerprint density at radius 2 is 1.42 bits per heavy atom. The van der Waals surface area contributed by atoms with Gasteiger partial charge in [0.25, 0.3) is 14.4 Å². The van der Waals surface area contributed by atoms with Crippen molar-refractivity contribution < 1.29 is 37.5 Å². The van der Waals surface area contributed by atoms with E-state index in [9.17, 15) is 4.79 Å². The fourth-order valence-corrected chi connectivity index (χ4v) is 9.78. The molecule has 1 N–H and O–H groups in total. The van der Waals surface area contributed by atoms with Crippen LogP contribution >= 0.6 is 8.53 Å². The molecular weight excluding hydrogens is 834 g/mol. The minimum Gasteiger partial charge on any atom is -0.497 e. The molecule has 5 atom stereocenters. The number of aromatic nitrogens is 4. The van der Waals surface area contributed by atoms with Crippen molar-refractivity contribution in [1.29, 1.82) is 0 Å². The van der Waals surface area contributed by atoms with Gasteiger partial charge in [0.15, 0.2) is 23.2 Å². The summed E-state index contributed by atoms with van der Waals surface area (Å²) in [4.78, 5) is 30.5. The van der Waals surface area contributed by atoms with Crippen LogP contribution in [-0.4, -0.2) is 102 Å². The smallest absolute Gasteiger partial charge is 0.259 e. The standard InChI is InChI=1S/C48H54N7O8P/c1-32(2)55(33(3)4)64(61-28-27-49-5)63-42-40(62-47(43(42)59-8)54-31-52-41-44(50-30-51-45(41)54)53-46(56)34-15-11-9-12-16-34)29-60-48(35-17-13-10-14-18-35,36-19-23-38(57-6)24-20-36)37-21-25-39(58-7)26-22-37/h9-26,30-33,40,42-43,47H,27-29H2,1-4,6-8H3,(H,50,51,53,56)/t40-,42?,43?,47-,64?/m1/s1. The normalized spacial score (nSPS) is 18.1. The molecule has 334 valence electrons. The van der Waals surface area contributed by atoms with Crippen LogP contribution in [0.3, 0.4) is 0 Å². The Hall–Kier alpha value is -5.82. The van der Waals surface area contributed by atoms with E-state index in [-0.39, 0.29) is 43.6 Å². The first-order valence-corrected chi connectivity index (χ1v) is 22.2.